The second kappa shape index (κ2) is 12.4. The van der Waals surface area contributed by atoms with Crippen LogP contribution in [0, 0.1) is 6.92 Å². The minimum Gasteiger partial charge on any atom is -0.494 e. The van der Waals surface area contributed by atoms with Gasteiger partial charge in [0.05, 0.1) is 35.1 Å². The van der Waals surface area contributed by atoms with E-state index in [4.69, 9.17) is 14.5 Å². The monoisotopic (exact) mass is 669 g/mol. The first-order valence-electron chi connectivity index (χ1n) is 14.5. The highest BCUT2D eigenvalue weighted by Crippen LogP contribution is 2.32. The third kappa shape index (κ3) is 5.46. The quantitative estimate of drug-likeness (QED) is 0.183. The van der Waals surface area contributed by atoms with Gasteiger partial charge in [0.25, 0.3) is 5.56 Å². The van der Waals surface area contributed by atoms with E-state index in [0.29, 0.717) is 33.8 Å². The van der Waals surface area contributed by atoms with Gasteiger partial charge in [0.2, 0.25) is 0 Å². The third-order valence-electron chi connectivity index (χ3n) is 7.83. The van der Waals surface area contributed by atoms with Gasteiger partial charge in [-0.15, -0.1) is 0 Å². The number of fused-ring (bicyclic) bond motifs is 2. The van der Waals surface area contributed by atoms with E-state index in [-0.39, 0.29) is 12.2 Å². The van der Waals surface area contributed by atoms with Crippen LogP contribution in [0.1, 0.15) is 49.2 Å². The molecule has 0 N–H and O–H groups in total. The smallest absolute Gasteiger partial charge is 0.338 e. The number of carbonyl (C=O) groups excluding carboxylic acids is 1. The fourth-order valence-electron chi connectivity index (χ4n) is 5.77. The fraction of sp³-hybridized carbons (Fsp3) is 0.229. The average Bonchev–Trinajstić information content (AvgIpc) is 3.46. The normalized spacial score (nSPS) is 14.9. The standard InChI is InChI=1S/C35H32BrN3O4S/c1-5-42-26-17-13-24(14-18-26)32-31(34(41)43-6-2)21(3)37-35-39(32)33(40)30(44-35)19-28-22(4)38(29-10-8-7-9-27(28)29)20-23-11-15-25(36)16-12-23/h7-19,32H,5-6,20H2,1-4H3/b30-19+/t32-/m1/s1. The molecule has 0 saturated heterocycles. The van der Waals surface area contributed by atoms with E-state index >= 15 is 0 Å². The molecule has 1 aliphatic rings. The maximum Gasteiger partial charge on any atom is 0.338 e. The van der Waals surface area contributed by atoms with Crippen molar-refractivity contribution < 1.29 is 14.3 Å². The van der Waals surface area contributed by atoms with Gasteiger partial charge in [0, 0.05) is 33.2 Å². The number of para-hydroxylation sites is 1. The second-order valence-corrected chi connectivity index (χ2v) is 12.5. The number of aromatic nitrogens is 2. The highest BCUT2D eigenvalue weighted by Gasteiger charge is 2.33. The van der Waals surface area contributed by atoms with Gasteiger partial charge in [0.1, 0.15) is 5.75 Å². The zero-order valence-corrected chi connectivity index (χ0v) is 27.4. The summed E-state index contributed by atoms with van der Waals surface area (Å²) in [6.07, 6.45) is 1.97. The van der Waals surface area contributed by atoms with Crippen LogP contribution in [0.4, 0.5) is 0 Å². The number of hydrogen-bond donors (Lipinski definition) is 0. The molecule has 7 nitrogen and oxygen atoms in total. The lowest BCUT2D eigenvalue weighted by Gasteiger charge is -2.24. The van der Waals surface area contributed by atoms with Crippen molar-refractivity contribution in [2.24, 2.45) is 4.99 Å². The lowest BCUT2D eigenvalue weighted by atomic mass is 9.96. The first-order valence-corrected chi connectivity index (χ1v) is 16.2. The summed E-state index contributed by atoms with van der Waals surface area (Å²) in [6, 6.07) is 23.4. The summed E-state index contributed by atoms with van der Waals surface area (Å²) >= 11 is 4.86. The van der Waals surface area contributed by atoms with Crippen LogP contribution in [0.15, 0.2) is 98.3 Å². The van der Waals surface area contributed by atoms with E-state index in [0.717, 1.165) is 37.9 Å². The van der Waals surface area contributed by atoms with Crippen LogP contribution in [0.25, 0.3) is 17.0 Å². The van der Waals surface area contributed by atoms with Crippen molar-refractivity contribution >= 4 is 50.2 Å². The summed E-state index contributed by atoms with van der Waals surface area (Å²) in [4.78, 5) is 32.8. The van der Waals surface area contributed by atoms with Gasteiger partial charge in [-0.05, 0) is 75.2 Å². The fourth-order valence-corrected chi connectivity index (χ4v) is 7.06. The molecule has 0 radical (unpaired) electrons. The van der Waals surface area contributed by atoms with Crippen LogP contribution in [-0.2, 0) is 16.1 Å². The molecule has 2 aromatic heterocycles. The van der Waals surface area contributed by atoms with Crippen molar-refractivity contribution in [1.29, 1.82) is 0 Å². The van der Waals surface area contributed by atoms with E-state index < -0.39 is 12.0 Å². The van der Waals surface area contributed by atoms with Crippen LogP contribution >= 0.6 is 27.3 Å². The Labute approximate surface area is 267 Å². The van der Waals surface area contributed by atoms with E-state index in [1.54, 1.807) is 18.4 Å². The molecule has 6 rings (SSSR count). The molecule has 1 aliphatic heterocycles. The van der Waals surface area contributed by atoms with Gasteiger partial charge in [0.15, 0.2) is 4.80 Å². The Hall–Kier alpha value is -4.21. The van der Waals surface area contributed by atoms with Crippen LogP contribution < -0.4 is 19.6 Å². The number of hydrogen-bond acceptors (Lipinski definition) is 6. The molecule has 0 fully saturated rings. The van der Waals surface area contributed by atoms with Crippen molar-refractivity contribution in [2.75, 3.05) is 13.2 Å². The number of carbonyl (C=O) groups is 1. The van der Waals surface area contributed by atoms with Gasteiger partial charge in [-0.2, -0.15) is 0 Å². The largest absolute Gasteiger partial charge is 0.494 e. The lowest BCUT2D eigenvalue weighted by Crippen LogP contribution is -2.39. The molecule has 224 valence electrons. The van der Waals surface area contributed by atoms with Crippen molar-refractivity contribution in [3.63, 3.8) is 0 Å². The maximum atomic E-state index is 14.3. The van der Waals surface area contributed by atoms with Gasteiger partial charge in [-0.1, -0.05) is 69.7 Å². The van der Waals surface area contributed by atoms with Crippen molar-refractivity contribution in [3.8, 4) is 5.75 Å². The Bertz CT molecular complexity index is 2090. The summed E-state index contributed by atoms with van der Waals surface area (Å²) in [6.45, 7) is 9.05. The Morgan fingerprint density at radius 1 is 1.00 bits per heavy atom. The summed E-state index contributed by atoms with van der Waals surface area (Å²) < 4.78 is 16.6. The molecule has 0 spiro atoms. The first-order chi connectivity index (χ1) is 21.3. The number of rotatable bonds is 8. The number of allylic oxidation sites excluding steroid dienone is 1. The Kier molecular flexibility index (Phi) is 8.42. The first kappa shape index (κ1) is 29.8. The molecule has 44 heavy (non-hydrogen) atoms. The summed E-state index contributed by atoms with van der Waals surface area (Å²) in [5, 5.41) is 1.07. The zero-order chi connectivity index (χ0) is 31.0. The number of ether oxygens (including phenoxy) is 2. The molecule has 0 amide bonds. The lowest BCUT2D eigenvalue weighted by molar-refractivity contribution is -0.139. The summed E-state index contributed by atoms with van der Waals surface area (Å²) in [5.41, 5.74) is 5.80. The number of nitrogens with zero attached hydrogens (tertiary/aromatic N) is 3. The molecule has 0 aliphatic carbocycles. The van der Waals surface area contributed by atoms with Crippen LogP contribution in [0.5, 0.6) is 5.75 Å². The molecule has 9 heteroatoms. The summed E-state index contributed by atoms with van der Waals surface area (Å²) in [7, 11) is 0. The predicted octanol–water partition coefficient (Wildman–Crippen LogP) is 6.27. The molecule has 0 bridgehead atoms. The maximum absolute atomic E-state index is 14.3. The van der Waals surface area contributed by atoms with E-state index in [1.807, 2.05) is 61.5 Å². The molecule has 5 aromatic rings. The van der Waals surface area contributed by atoms with Crippen molar-refractivity contribution in [3.05, 3.63) is 131 Å². The van der Waals surface area contributed by atoms with Crippen LogP contribution in [-0.4, -0.2) is 28.3 Å². The minimum atomic E-state index is -0.678. The highest BCUT2D eigenvalue weighted by molar-refractivity contribution is 9.10. The van der Waals surface area contributed by atoms with Crippen molar-refractivity contribution in [1.82, 2.24) is 9.13 Å². The van der Waals surface area contributed by atoms with Crippen LogP contribution in [0.3, 0.4) is 0 Å². The molecular formula is C35H32BrN3O4S. The second-order valence-electron chi connectivity index (χ2n) is 10.5. The SMILES string of the molecule is CCOC(=O)C1=C(C)N=c2s/c(=C/c3c(C)n(Cc4ccc(Br)cc4)c4ccccc34)c(=O)n2[C@@H]1c1ccc(OCC)cc1. The Morgan fingerprint density at radius 3 is 2.43 bits per heavy atom. The third-order valence-corrected chi connectivity index (χ3v) is 9.34. The summed E-state index contributed by atoms with van der Waals surface area (Å²) in [5.74, 6) is 0.241. The molecule has 0 saturated carbocycles. The van der Waals surface area contributed by atoms with Gasteiger partial charge < -0.3 is 14.0 Å². The van der Waals surface area contributed by atoms with E-state index in [9.17, 15) is 9.59 Å². The molecule has 3 aromatic carbocycles. The van der Waals surface area contributed by atoms with E-state index in [1.165, 1.54) is 16.9 Å². The van der Waals surface area contributed by atoms with Crippen molar-refractivity contribution in [2.45, 2.75) is 40.3 Å². The Morgan fingerprint density at radius 2 is 1.73 bits per heavy atom. The minimum absolute atomic E-state index is 0.203. The molecular weight excluding hydrogens is 638 g/mol. The Balaban J connectivity index is 1.52. The number of esters is 1. The molecule has 0 unspecified atom stereocenters. The average molecular weight is 671 g/mol. The zero-order valence-electron chi connectivity index (χ0n) is 25.0. The van der Waals surface area contributed by atoms with E-state index in [2.05, 4.69) is 51.7 Å². The highest BCUT2D eigenvalue weighted by atomic mass is 79.9. The number of benzene rings is 3. The molecule has 1 atom stereocenters. The topological polar surface area (TPSA) is 74.8 Å². The van der Waals surface area contributed by atoms with Gasteiger partial charge in [-0.25, -0.2) is 9.79 Å². The number of halogens is 1. The van der Waals surface area contributed by atoms with Crippen LogP contribution in [0.2, 0.25) is 0 Å². The predicted molar refractivity (Wildman–Crippen MR) is 178 cm³/mol. The van der Waals surface area contributed by atoms with Gasteiger partial charge >= 0.3 is 5.97 Å². The molecule has 3 heterocycles. The van der Waals surface area contributed by atoms with Gasteiger partial charge in [-0.3, -0.25) is 9.36 Å². The number of thiazole rings is 1.